The highest BCUT2D eigenvalue weighted by atomic mass is 32.1. The minimum atomic E-state index is 0.0686. The molecule has 1 aliphatic rings. The molecule has 0 saturated carbocycles. The van der Waals surface area contributed by atoms with Crippen molar-refractivity contribution in [1.29, 1.82) is 0 Å². The van der Waals surface area contributed by atoms with Crippen LogP contribution in [0.15, 0.2) is 29.1 Å². The summed E-state index contributed by atoms with van der Waals surface area (Å²) in [7, 11) is 2.17. The van der Waals surface area contributed by atoms with Crippen LogP contribution < -0.4 is 5.32 Å². The predicted molar refractivity (Wildman–Crippen MR) is 143 cm³/mol. The van der Waals surface area contributed by atoms with Gasteiger partial charge in [0.15, 0.2) is 0 Å². The summed E-state index contributed by atoms with van der Waals surface area (Å²) in [5.74, 6) is 0.874. The Morgan fingerprint density at radius 2 is 2.03 bits per heavy atom. The molecule has 3 aromatic heterocycles. The lowest BCUT2D eigenvalue weighted by atomic mass is 10.1. The maximum absolute atomic E-state index is 12.5. The lowest BCUT2D eigenvalue weighted by molar-refractivity contribution is -0.121. The summed E-state index contributed by atoms with van der Waals surface area (Å²) in [6.45, 7) is 8.22. The number of aryl methyl sites for hydroxylation is 2. The fourth-order valence-electron chi connectivity index (χ4n) is 4.30. The number of carbonyl (C=O) groups excluding carboxylic acids is 1. The maximum atomic E-state index is 12.5. The van der Waals surface area contributed by atoms with E-state index >= 15 is 0 Å². The van der Waals surface area contributed by atoms with Crippen LogP contribution in [0.3, 0.4) is 0 Å². The first kappa shape index (κ1) is 24.1. The first-order chi connectivity index (χ1) is 17.0. The van der Waals surface area contributed by atoms with Crippen LogP contribution in [0.1, 0.15) is 24.4 Å². The van der Waals surface area contributed by atoms with Gasteiger partial charge in [0.1, 0.15) is 16.5 Å². The quantitative estimate of drug-likeness (QED) is 0.334. The van der Waals surface area contributed by atoms with E-state index in [-0.39, 0.29) is 5.91 Å². The number of rotatable bonds is 9. The van der Waals surface area contributed by atoms with Crippen molar-refractivity contribution < 1.29 is 4.79 Å². The summed E-state index contributed by atoms with van der Waals surface area (Å²) in [6, 6.07) is 6.21. The monoisotopic (exact) mass is 509 g/mol. The average Bonchev–Trinajstić information content (AvgIpc) is 3.60. The van der Waals surface area contributed by atoms with Crippen LogP contribution in [0.4, 0.5) is 0 Å². The first-order valence-corrected chi connectivity index (χ1v) is 13.8. The van der Waals surface area contributed by atoms with Gasteiger partial charge in [0, 0.05) is 62.2 Å². The Morgan fingerprint density at radius 3 is 2.83 bits per heavy atom. The van der Waals surface area contributed by atoms with Crippen molar-refractivity contribution in [3.05, 3.63) is 40.6 Å². The van der Waals surface area contributed by atoms with E-state index in [1.807, 2.05) is 23.9 Å². The van der Waals surface area contributed by atoms with Crippen LogP contribution >= 0.6 is 22.7 Å². The molecule has 35 heavy (non-hydrogen) atoms. The van der Waals surface area contributed by atoms with Gasteiger partial charge in [0.05, 0.1) is 21.4 Å². The van der Waals surface area contributed by atoms with E-state index in [0.29, 0.717) is 19.4 Å². The summed E-state index contributed by atoms with van der Waals surface area (Å²) in [5, 5.41) is 6.03. The van der Waals surface area contributed by atoms with Gasteiger partial charge in [0.2, 0.25) is 5.91 Å². The molecule has 1 aromatic carbocycles. The number of amides is 1. The fraction of sp³-hybridized carbons (Fsp3) is 0.440. The highest BCUT2D eigenvalue weighted by Gasteiger charge is 2.18. The standard InChI is InChI=1S/C25H31N7OS2/c1-17-15-34-25(28-17)24-23(18-4-5-19-20(14-18)35-16-27-19)29-21(30-24)6-7-22(33)26-8-3-9-32-12-10-31(2)11-13-32/h4-5,14-16H,3,6-13H2,1-2H3,(H,26,33)(H,29,30). The van der Waals surface area contributed by atoms with Crippen LogP contribution in [0.25, 0.3) is 32.2 Å². The van der Waals surface area contributed by atoms with Gasteiger partial charge in [-0.3, -0.25) is 4.79 Å². The summed E-state index contributed by atoms with van der Waals surface area (Å²) in [4.78, 5) is 34.7. The number of hydrogen-bond donors (Lipinski definition) is 2. The normalized spacial score (nSPS) is 15.1. The van der Waals surface area contributed by atoms with Gasteiger partial charge < -0.3 is 20.1 Å². The van der Waals surface area contributed by atoms with Crippen molar-refractivity contribution in [2.24, 2.45) is 0 Å². The topological polar surface area (TPSA) is 90.0 Å². The van der Waals surface area contributed by atoms with E-state index < -0.39 is 0 Å². The molecular formula is C25H31N7OS2. The molecule has 5 rings (SSSR count). The molecule has 1 fully saturated rings. The van der Waals surface area contributed by atoms with E-state index in [1.165, 1.54) is 0 Å². The third kappa shape index (κ3) is 5.95. The minimum absolute atomic E-state index is 0.0686. The molecule has 10 heteroatoms. The number of likely N-dealkylation sites (N-methyl/N-ethyl adjacent to an activating group) is 1. The second kappa shape index (κ2) is 10.9. The lowest BCUT2D eigenvalue weighted by Crippen LogP contribution is -2.45. The molecule has 4 heterocycles. The largest absolute Gasteiger partial charge is 0.356 e. The lowest BCUT2D eigenvalue weighted by Gasteiger charge is -2.32. The third-order valence-corrected chi connectivity index (χ3v) is 8.12. The van der Waals surface area contributed by atoms with Crippen molar-refractivity contribution in [3.8, 4) is 22.0 Å². The van der Waals surface area contributed by atoms with Gasteiger partial charge >= 0.3 is 0 Å². The summed E-state index contributed by atoms with van der Waals surface area (Å²) >= 11 is 3.22. The zero-order valence-electron chi connectivity index (χ0n) is 20.2. The zero-order valence-corrected chi connectivity index (χ0v) is 21.8. The van der Waals surface area contributed by atoms with Gasteiger partial charge in [-0.05, 0) is 39.1 Å². The van der Waals surface area contributed by atoms with Gasteiger partial charge in [-0.25, -0.2) is 15.0 Å². The molecule has 0 spiro atoms. The van der Waals surface area contributed by atoms with E-state index in [0.717, 1.165) is 82.8 Å². The van der Waals surface area contributed by atoms with Gasteiger partial charge in [-0.2, -0.15) is 0 Å². The Hall–Kier alpha value is -2.66. The van der Waals surface area contributed by atoms with E-state index in [4.69, 9.17) is 4.98 Å². The van der Waals surface area contributed by atoms with Gasteiger partial charge in [-0.1, -0.05) is 6.07 Å². The molecule has 1 aliphatic heterocycles. The van der Waals surface area contributed by atoms with E-state index in [1.54, 1.807) is 22.7 Å². The molecule has 184 valence electrons. The smallest absolute Gasteiger partial charge is 0.220 e. The third-order valence-electron chi connectivity index (χ3n) is 6.35. The maximum Gasteiger partial charge on any atom is 0.220 e. The van der Waals surface area contributed by atoms with Crippen LogP contribution in [0, 0.1) is 6.92 Å². The molecule has 2 N–H and O–H groups in total. The number of nitrogens with zero attached hydrogens (tertiary/aromatic N) is 5. The summed E-state index contributed by atoms with van der Waals surface area (Å²) < 4.78 is 1.13. The number of H-pyrrole nitrogens is 1. The fourth-order valence-corrected chi connectivity index (χ4v) is 5.81. The van der Waals surface area contributed by atoms with Crippen LogP contribution in [-0.4, -0.2) is 82.0 Å². The molecule has 1 amide bonds. The highest BCUT2D eigenvalue weighted by Crippen LogP contribution is 2.34. The SMILES string of the molecule is Cc1csc(-c2[nH]c(CCC(=O)NCCCN3CCN(C)CC3)nc2-c2ccc3ncsc3c2)n1. The van der Waals surface area contributed by atoms with Crippen LogP contribution in [0.5, 0.6) is 0 Å². The number of benzene rings is 1. The molecule has 0 unspecified atom stereocenters. The Bertz CT molecular complexity index is 1290. The molecule has 0 atom stereocenters. The Balaban J connectivity index is 1.20. The zero-order chi connectivity index (χ0) is 24.2. The summed E-state index contributed by atoms with van der Waals surface area (Å²) in [5.41, 5.74) is 6.65. The van der Waals surface area contributed by atoms with E-state index in [2.05, 4.69) is 49.2 Å². The number of aromatic nitrogens is 4. The predicted octanol–water partition coefficient (Wildman–Crippen LogP) is 3.80. The van der Waals surface area contributed by atoms with Crippen molar-refractivity contribution in [2.75, 3.05) is 46.3 Å². The number of nitrogens with one attached hydrogen (secondary N) is 2. The average molecular weight is 510 g/mol. The van der Waals surface area contributed by atoms with Crippen molar-refractivity contribution >= 4 is 38.8 Å². The number of piperazine rings is 1. The molecule has 0 bridgehead atoms. The molecular weight excluding hydrogens is 478 g/mol. The van der Waals surface area contributed by atoms with E-state index in [9.17, 15) is 4.79 Å². The van der Waals surface area contributed by atoms with Crippen LogP contribution in [-0.2, 0) is 11.2 Å². The highest BCUT2D eigenvalue weighted by molar-refractivity contribution is 7.16. The van der Waals surface area contributed by atoms with Crippen molar-refractivity contribution in [3.63, 3.8) is 0 Å². The number of hydrogen-bond acceptors (Lipinski definition) is 8. The minimum Gasteiger partial charge on any atom is -0.356 e. The van der Waals surface area contributed by atoms with Gasteiger partial charge in [0.25, 0.3) is 0 Å². The summed E-state index contributed by atoms with van der Waals surface area (Å²) in [6.07, 6.45) is 1.95. The molecule has 0 aliphatic carbocycles. The van der Waals surface area contributed by atoms with Crippen LogP contribution in [0.2, 0.25) is 0 Å². The number of aromatic amines is 1. The molecule has 0 radical (unpaired) electrons. The molecule has 8 nitrogen and oxygen atoms in total. The second-order valence-corrected chi connectivity index (χ2v) is 10.8. The Morgan fingerprint density at radius 1 is 1.17 bits per heavy atom. The number of imidazole rings is 1. The number of fused-ring (bicyclic) bond motifs is 1. The van der Waals surface area contributed by atoms with Crippen molar-refractivity contribution in [1.82, 2.24) is 35.1 Å². The molecule has 4 aromatic rings. The van der Waals surface area contributed by atoms with Gasteiger partial charge in [-0.15, -0.1) is 22.7 Å². The molecule has 1 saturated heterocycles. The number of thiazole rings is 2. The Kier molecular flexibility index (Phi) is 7.52. The number of carbonyl (C=O) groups is 1. The second-order valence-electron chi connectivity index (χ2n) is 9.08. The van der Waals surface area contributed by atoms with Crippen molar-refractivity contribution in [2.45, 2.75) is 26.2 Å². The first-order valence-electron chi connectivity index (χ1n) is 12.1. The Labute approximate surface area is 213 Å².